The molecule has 0 unspecified atom stereocenters. The van der Waals surface area contributed by atoms with Gasteiger partial charge in [-0.2, -0.15) is 0 Å². The van der Waals surface area contributed by atoms with E-state index in [4.69, 9.17) is 9.47 Å². The lowest BCUT2D eigenvalue weighted by atomic mass is 10.3. The van der Waals surface area contributed by atoms with Gasteiger partial charge in [0.2, 0.25) is 0 Å². The Bertz CT molecular complexity index is 969. The van der Waals surface area contributed by atoms with Gasteiger partial charge in [-0.15, -0.1) is 0 Å². The molecule has 0 fully saturated rings. The summed E-state index contributed by atoms with van der Waals surface area (Å²) in [4.78, 5) is 2.19. The number of hydrogen-bond acceptors (Lipinski definition) is 5. The summed E-state index contributed by atoms with van der Waals surface area (Å²) >= 11 is 1.64. The average molecular weight is 402 g/mol. The van der Waals surface area contributed by atoms with Crippen molar-refractivity contribution in [2.24, 2.45) is 0 Å². The van der Waals surface area contributed by atoms with Crippen molar-refractivity contribution in [3.05, 3.63) is 97.1 Å². The van der Waals surface area contributed by atoms with Crippen LogP contribution in [0.3, 0.4) is 0 Å². The van der Waals surface area contributed by atoms with Crippen molar-refractivity contribution in [3.63, 3.8) is 0 Å². The predicted molar refractivity (Wildman–Crippen MR) is 113 cm³/mol. The highest BCUT2D eigenvalue weighted by Crippen LogP contribution is 2.32. The van der Waals surface area contributed by atoms with E-state index in [1.807, 2.05) is 48.5 Å². The van der Waals surface area contributed by atoms with Crippen LogP contribution in [-0.4, -0.2) is 10.2 Å². The predicted octanol–water partition coefficient (Wildman–Crippen LogP) is 6.83. The third-order valence-corrected chi connectivity index (χ3v) is 5.04. The molecule has 0 bridgehead atoms. The Labute approximate surface area is 173 Å². The van der Waals surface area contributed by atoms with E-state index in [2.05, 4.69) is 0 Å². The monoisotopic (exact) mass is 402 g/mol. The lowest BCUT2D eigenvalue weighted by Gasteiger charge is -2.08. The summed E-state index contributed by atoms with van der Waals surface area (Å²) in [7, 11) is 0. The molecule has 0 saturated carbocycles. The first-order chi connectivity index (χ1) is 14.1. The van der Waals surface area contributed by atoms with E-state index >= 15 is 0 Å². The van der Waals surface area contributed by atoms with E-state index in [1.165, 1.54) is 0 Å². The van der Waals surface area contributed by atoms with Gasteiger partial charge in [0.15, 0.2) is 0 Å². The van der Waals surface area contributed by atoms with Gasteiger partial charge in [0.25, 0.3) is 0 Å². The minimum atomic E-state index is 0.212. The van der Waals surface area contributed by atoms with Crippen molar-refractivity contribution in [3.8, 4) is 34.5 Å². The summed E-state index contributed by atoms with van der Waals surface area (Å²) in [6, 6.07) is 28.9. The molecule has 0 radical (unpaired) electrons. The Hall–Kier alpha value is -3.57. The van der Waals surface area contributed by atoms with E-state index in [-0.39, 0.29) is 11.5 Å². The third-order valence-electron chi connectivity index (χ3n) is 4.03. The summed E-state index contributed by atoms with van der Waals surface area (Å²) in [5.41, 5.74) is 0. The lowest BCUT2D eigenvalue weighted by molar-refractivity contribution is 0.464. The van der Waals surface area contributed by atoms with Crippen LogP contribution in [0.5, 0.6) is 34.5 Å². The molecule has 0 amide bonds. The second-order valence-electron chi connectivity index (χ2n) is 6.24. The highest BCUT2D eigenvalue weighted by Gasteiger charge is 2.02. The van der Waals surface area contributed by atoms with Gasteiger partial charge in [0.1, 0.15) is 34.5 Å². The van der Waals surface area contributed by atoms with Gasteiger partial charge >= 0.3 is 0 Å². The largest absolute Gasteiger partial charge is 0.508 e. The van der Waals surface area contributed by atoms with Crippen molar-refractivity contribution in [2.75, 3.05) is 0 Å². The van der Waals surface area contributed by atoms with Crippen LogP contribution in [0.15, 0.2) is 107 Å². The maximum Gasteiger partial charge on any atom is 0.127 e. The maximum atomic E-state index is 9.32. The zero-order valence-electron chi connectivity index (χ0n) is 15.4. The van der Waals surface area contributed by atoms with Gasteiger partial charge in [0.05, 0.1) is 0 Å². The Morgan fingerprint density at radius 1 is 0.414 bits per heavy atom. The summed E-state index contributed by atoms with van der Waals surface area (Å²) < 4.78 is 11.5. The topological polar surface area (TPSA) is 58.9 Å². The van der Waals surface area contributed by atoms with E-state index in [0.29, 0.717) is 11.5 Å². The van der Waals surface area contributed by atoms with E-state index < -0.39 is 0 Å². The quantitative estimate of drug-likeness (QED) is 0.370. The molecule has 0 aliphatic heterocycles. The lowest BCUT2D eigenvalue weighted by Crippen LogP contribution is -1.84. The minimum Gasteiger partial charge on any atom is -0.508 e. The normalized spacial score (nSPS) is 10.5. The molecule has 4 rings (SSSR count). The van der Waals surface area contributed by atoms with Crippen LogP contribution in [0.25, 0.3) is 0 Å². The van der Waals surface area contributed by atoms with Crippen LogP contribution >= 0.6 is 11.8 Å². The molecule has 5 heteroatoms. The number of hydrogen-bond donors (Lipinski definition) is 2. The fourth-order valence-corrected chi connectivity index (χ4v) is 3.40. The number of phenolic OH excluding ortho intramolecular Hbond substituents is 2. The first-order valence-corrected chi connectivity index (χ1v) is 9.77. The van der Waals surface area contributed by atoms with Gasteiger partial charge in [-0.25, -0.2) is 0 Å². The fourth-order valence-electron chi connectivity index (χ4n) is 2.59. The second-order valence-corrected chi connectivity index (χ2v) is 7.38. The van der Waals surface area contributed by atoms with Crippen LogP contribution in [-0.2, 0) is 0 Å². The Morgan fingerprint density at radius 2 is 0.690 bits per heavy atom. The Morgan fingerprint density at radius 3 is 1.00 bits per heavy atom. The molecule has 0 spiro atoms. The molecule has 0 aliphatic carbocycles. The van der Waals surface area contributed by atoms with Crippen LogP contribution in [0.4, 0.5) is 0 Å². The van der Waals surface area contributed by atoms with Gasteiger partial charge < -0.3 is 19.7 Å². The zero-order valence-corrected chi connectivity index (χ0v) is 16.2. The Kier molecular flexibility index (Phi) is 5.59. The number of rotatable bonds is 6. The summed E-state index contributed by atoms with van der Waals surface area (Å²) in [5.74, 6) is 3.24. The summed E-state index contributed by atoms with van der Waals surface area (Å²) in [5, 5.41) is 18.6. The van der Waals surface area contributed by atoms with Crippen LogP contribution in [0.1, 0.15) is 0 Å². The van der Waals surface area contributed by atoms with E-state index in [9.17, 15) is 10.2 Å². The number of phenols is 2. The minimum absolute atomic E-state index is 0.212. The van der Waals surface area contributed by atoms with Gasteiger partial charge in [0, 0.05) is 9.79 Å². The van der Waals surface area contributed by atoms with E-state index in [1.54, 1.807) is 60.3 Å². The van der Waals surface area contributed by atoms with Gasteiger partial charge in [-0.1, -0.05) is 11.8 Å². The molecule has 144 valence electrons. The average Bonchev–Trinajstić information content (AvgIpc) is 2.74. The molecule has 29 heavy (non-hydrogen) atoms. The van der Waals surface area contributed by atoms with Gasteiger partial charge in [-0.05, 0) is 97.1 Å². The maximum absolute atomic E-state index is 9.32. The van der Waals surface area contributed by atoms with Crippen molar-refractivity contribution < 1.29 is 19.7 Å². The molecule has 4 nitrogen and oxygen atoms in total. The van der Waals surface area contributed by atoms with Crippen molar-refractivity contribution >= 4 is 11.8 Å². The molecule has 4 aromatic rings. The summed E-state index contributed by atoms with van der Waals surface area (Å²) in [6.07, 6.45) is 0. The van der Waals surface area contributed by atoms with Crippen molar-refractivity contribution in [1.82, 2.24) is 0 Å². The standard InChI is InChI=1S/C24H18O4S/c25-17-1-5-19(6-2-17)27-21-9-13-23(14-10-21)29-24-15-11-22(12-16-24)28-20-7-3-18(26)4-8-20/h1-16,25-26H. The molecule has 0 saturated heterocycles. The SMILES string of the molecule is Oc1ccc(Oc2ccc(Sc3ccc(Oc4ccc(O)cc4)cc3)cc2)cc1. The highest BCUT2D eigenvalue weighted by molar-refractivity contribution is 7.99. The summed E-state index contributed by atoms with van der Waals surface area (Å²) in [6.45, 7) is 0. The molecule has 4 aromatic carbocycles. The molecule has 2 N–H and O–H groups in total. The third kappa shape index (κ3) is 5.24. The zero-order chi connectivity index (χ0) is 20.1. The number of benzene rings is 4. The highest BCUT2D eigenvalue weighted by atomic mass is 32.2. The molecule has 0 aliphatic rings. The van der Waals surface area contributed by atoms with Crippen LogP contribution < -0.4 is 9.47 Å². The van der Waals surface area contributed by atoms with Crippen molar-refractivity contribution in [2.45, 2.75) is 9.79 Å². The fraction of sp³-hybridized carbons (Fsp3) is 0. The molecule has 0 heterocycles. The smallest absolute Gasteiger partial charge is 0.127 e. The number of ether oxygens (including phenoxy) is 2. The number of aromatic hydroxyl groups is 2. The first-order valence-electron chi connectivity index (χ1n) is 8.96. The second kappa shape index (κ2) is 8.63. The van der Waals surface area contributed by atoms with Gasteiger partial charge in [-0.3, -0.25) is 0 Å². The van der Waals surface area contributed by atoms with Crippen molar-refractivity contribution in [1.29, 1.82) is 0 Å². The Balaban J connectivity index is 1.36. The molecular formula is C24H18O4S. The molecule has 0 atom stereocenters. The van der Waals surface area contributed by atoms with Crippen LogP contribution in [0, 0.1) is 0 Å². The van der Waals surface area contributed by atoms with E-state index in [0.717, 1.165) is 21.3 Å². The first kappa shape index (κ1) is 18.8. The molecule has 0 aromatic heterocycles. The van der Waals surface area contributed by atoms with Crippen LogP contribution in [0.2, 0.25) is 0 Å². The molecular weight excluding hydrogens is 384 g/mol.